The summed E-state index contributed by atoms with van der Waals surface area (Å²) in [5.74, 6) is 0.634. The lowest BCUT2D eigenvalue weighted by Gasteiger charge is -2.35. The molecule has 0 bridgehead atoms. The predicted molar refractivity (Wildman–Crippen MR) is 100 cm³/mol. The van der Waals surface area contributed by atoms with Crippen LogP contribution in [0, 0.1) is 0 Å². The zero-order valence-corrected chi connectivity index (χ0v) is 14.9. The van der Waals surface area contributed by atoms with E-state index in [9.17, 15) is 0 Å². The highest BCUT2D eigenvalue weighted by molar-refractivity contribution is 5.18. The molecule has 2 aromatic carbocycles. The molecule has 0 fully saturated rings. The summed E-state index contributed by atoms with van der Waals surface area (Å²) in [6.45, 7) is 4.71. The van der Waals surface area contributed by atoms with E-state index in [1.807, 2.05) is 66.7 Å². The minimum absolute atomic E-state index is 0.300. The molecule has 0 aliphatic carbocycles. The summed E-state index contributed by atoms with van der Waals surface area (Å²) in [5.41, 5.74) is 2.19. The number of methoxy groups -OCH3 is 1. The molecule has 0 N–H and O–H groups in total. The average Bonchev–Trinajstić information content (AvgIpc) is 2.72. The van der Waals surface area contributed by atoms with Crippen molar-refractivity contribution in [2.45, 2.75) is 31.7 Å². The lowest BCUT2D eigenvalue weighted by atomic mass is 10.1. The fourth-order valence-electron chi connectivity index (χ4n) is 2.80. The first-order valence-electron chi connectivity index (χ1n) is 8.65. The maximum Gasteiger partial charge on any atom is 0.229 e. The van der Waals surface area contributed by atoms with Gasteiger partial charge in [-0.25, -0.2) is 0 Å². The molecule has 4 heteroatoms. The van der Waals surface area contributed by atoms with Crippen LogP contribution in [0.15, 0.2) is 85.2 Å². The van der Waals surface area contributed by atoms with E-state index in [0.717, 1.165) is 11.1 Å². The van der Waals surface area contributed by atoms with Crippen LogP contribution in [0.4, 0.5) is 0 Å². The highest BCUT2D eigenvalue weighted by Crippen LogP contribution is 2.26. The van der Waals surface area contributed by atoms with Crippen LogP contribution >= 0.6 is 0 Å². The molecule has 1 aliphatic heterocycles. The van der Waals surface area contributed by atoms with Gasteiger partial charge in [0.1, 0.15) is 18.0 Å². The molecule has 1 aliphatic rings. The predicted octanol–water partition coefficient (Wildman–Crippen LogP) is 4.23. The van der Waals surface area contributed by atoms with E-state index in [4.69, 9.17) is 18.9 Å². The molecule has 0 unspecified atom stereocenters. The summed E-state index contributed by atoms with van der Waals surface area (Å²) in [5, 5.41) is 0. The van der Waals surface area contributed by atoms with Gasteiger partial charge in [-0.05, 0) is 23.3 Å². The van der Waals surface area contributed by atoms with E-state index < -0.39 is 6.29 Å². The minimum atomic E-state index is -0.558. The Morgan fingerprint density at radius 1 is 0.923 bits per heavy atom. The van der Waals surface area contributed by atoms with Crippen LogP contribution in [-0.4, -0.2) is 25.6 Å². The fourth-order valence-corrected chi connectivity index (χ4v) is 2.80. The number of rotatable bonds is 8. The van der Waals surface area contributed by atoms with E-state index in [2.05, 4.69) is 6.58 Å². The molecule has 0 saturated heterocycles. The molecule has 0 spiro atoms. The highest BCUT2D eigenvalue weighted by atomic mass is 16.7. The van der Waals surface area contributed by atoms with Gasteiger partial charge in [0.25, 0.3) is 0 Å². The highest BCUT2D eigenvalue weighted by Gasteiger charge is 2.36. The summed E-state index contributed by atoms with van der Waals surface area (Å²) in [6.07, 6.45) is 2.30. The smallest absolute Gasteiger partial charge is 0.229 e. The number of hydrogen-bond acceptors (Lipinski definition) is 4. The standard InChI is InChI=1S/C22H24O4/c1-3-19-14-20(24-15-17-10-6-4-7-11-17)21(22(23-2)26-19)25-16-18-12-8-5-9-13-18/h3-14,20-22H,1,15-16H2,2H3/t20-,21+,22-/m0/s1. The second-order valence-electron chi connectivity index (χ2n) is 6.02. The van der Waals surface area contributed by atoms with Gasteiger partial charge in [-0.2, -0.15) is 0 Å². The number of benzene rings is 2. The normalized spacial score (nSPS) is 22.3. The van der Waals surface area contributed by atoms with Crippen LogP contribution in [0.3, 0.4) is 0 Å². The van der Waals surface area contributed by atoms with Crippen molar-refractivity contribution in [1.82, 2.24) is 0 Å². The van der Waals surface area contributed by atoms with Gasteiger partial charge in [0.05, 0.1) is 13.2 Å². The molecular weight excluding hydrogens is 328 g/mol. The van der Waals surface area contributed by atoms with Crippen LogP contribution in [0.5, 0.6) is 0 Å². The van der Waals surface area contributed by atoms with E-state index in [1.54, 1.807) is 13.2 Å². The van der Waals surface area contributed by atoms with Gasteiger partial charge in [0.15, 0.2) is 0 Å². The zero-order chi connectivity index (χ0) is 18.2. The second kappa shape index (κ2) is 9.34. The molecule has 2 aromatic rings. The molecule has 26 heavy (non-hydrogen) atoms. The third-order valence-electron chi connectivity index (χ3n) is 4.18. The Bertz CT molecular complexity index is 711. The largest absolute Gasteiger partial charge is 0.462 e. The quantitative estimate of drug-likeness (QED) is 0.712. The van der Waals surface area contributed by atoms with E-state index in [-0.39, 0.29) is 12.2 Å². The number of ether oxygens (including phenoxy) is 4. The Morgan fingerprint density at radius 3 is 2.04 bits per heavy atom. The first kappa shape index (κ1) is 18.4. The molecule has 0 amide bonds. The van der Waals surface area contributed by atoms with Crippen molar-refractivity contribution in [2.24, 2.45) is 0 Å². The van der Waals surface area contributed by atoms with E-state index in [1.165, 1.54) is 0 Å². The summed E-state index contributed by atoms with van der Waals surface area (Å²) in [4.78, 5) is 0. The third-order valence-corrected chi connectivity index (χ3v) is 4.18. The van der Waals surface area contributed by atoms with Gasteiger partial charge in [-0.15, -0.1) is 0 Å². The summed E-state index contributed by atoms with van der Waals surface area (Å²) < 4.78 is 23.5. The number of hydrogen-bond donors (Lipinski definition) is 0. The van der Waals surface area contributed by atoms with Gasteiger partial charge in [-0.1, -0.05) is 67.2 Å². The molecule has 0 radical (unpaired) electrons. The molecular formula is C22H24O4. The molecule has 3 rings (SSSR count). The van der Waals surface area contributed by atoms with Gasteiger partial charge in [0, 0.05) is 7.11 Å². The lowest BCUT2D eigenvalue weighted by molar-refractivity contribution is -0.217. The van der Waals surface area contributed by atoms with Crippen LogP contribution in [0.25, 0.3) is 0 Å². The van der Waals surface area contributed by atoms with Crippen molar-refractivity contribution < 1.29 is 18.9 Å². The topological polar surface area (TPSA) is 36.9 Å². The fraction of sp³-hybridized carbons (Fsp3) is 0.273. The van der Waals surface area contributed by atoms with Crippen LogP contribution in [0.1, 0.15) is 11.1 Å². The van der Waals surface area contributed by atoms with Crippen LogP contribution in [-0.2, 0) is 32.2 Å². The zero-order valence-electron chi connectivity index (χ0n) is 14.9. The lowest BCUT2D eigenvalue weighted by Crippen LogP contribution is -2.45. The Hall–Kier alpha value is -2.40. The second-order valence-corrected chi connectivity index (χ2v) is 6.02. The van der Waals surface area contributed by atoms with Crippen LogP contribution < -0.4 is 0 Å². The Morgan fingerprint density at radius 2 is 1.50 bits per heavy atom. The van der Waals surface area contributed by atoms with Crippen molar-refractivity contribution in [2.75, 3.05) is 7.11 Å². The Labute approximate surface area is 154 Å². The Kier molecular flexibility index (Phi) is 6.61. The maximum atomic E-state index is 6.13. The molecule has 0 aromatic heterocycles. The molecule has 0 saturated carbocycles. The first-order chi connectivity index (χ1) is 12.8. The van der Waals surface area contributed by atoms with Gasteiger partial charge >= 0.3 is 0 Å². The monoisotopic (exact) mass is 352 g/mol. The molecule has 3 atom stereocenters. The summed E-state index contributed by atoms with van der Waals surface area (Å²) in [6, 6.07) is 20.1. The van der Waals surface area contributed by atoms with Crippen molar-refractivity contribution in [3.63, 3.8) is 0 Å². The summed E-state index contributed by atoms with van der Waals surface area (Å²) in [7, 11) is 1.60. The molecule has 136 valence electrons. The first-order valence-corrected chi connectivity index (χ1v) is 8.65. The van der Waals surface area contributed by atoms with E-state index >= 15 is 0 Å². The van der Waals surface area contributed by atoms with Crippen molar-refractivity contribution in [3.8, 4) is 0 Å². The van der Waals surface area contributed by atoms with Crippen molar-refractivity contribution in [3.05, 3.63) is 96.3 Å². The van der Waals surface area contributed by atoms with Gasteiger partial charge in [-0.3, -0.25) is 0 Å². The van der Waals surface area contributed by atoms with Crippen molar-refractivity contribution in [1.29, 1.82) is 0 Å². The van der Waals surface area contributed by atoms with Crippen LogP contribution in [0.2, 0.25) is 0 Å². The third kappa shape index (κ3) is 4.82. The van der Waals surface area contributed by atoms with E-state index in [0.29, 0.717) is 19.0 Å². The molecule has 4 nitrogen and oxygen atoms in total. The average molecular weight is 352 g/mol. The minimum Gasteiger partial charge on any atom is -0.462 e. The van der Waals surface area contributed by atoms with Gasteiger partial charge in [0.2, 0.25) is 6.29 Å². The van der Waals surface area contributed by atoms with Gasteiger partial charge < -0.3 is 18.9 Å². The number of allylic oxidation sites excluding steroid dienone is 1. The summed E-state index contributed by atoms with van der Waals surface area (Å²) >= 11 is 0. The Balaban J connectivity index is 1.72. The SMILES string of the molecule is C=CC1=C[C@H](OCc2ccccc2)[C@@H](OCc2ccccc2)[C@@H](OC)O1. The molecule has 1 heterocycles. The van der Waals surface area contributed by atoms with Crippen molar-refractivity contribution >= 4 is 0 Å². The maximum absolute atomic E-state index is 6.13.